The van der Waals surface area contributed by atoms with Crippen LogP contribution in [0, 0.1) is 5.92 Å². The molecular weight excluding hydrogens is 465 g/mol. The second-order valence-electron chi connectivity index (χ2n) is 8.53. The molecule has 3 unspecified atom stereocenters. The topological polar surface area (TPSA) is 85.2 Å². The summed E-state index contributed by atoms with van der Waals surface area (Å²) in [6.07, 6.45) is 5.50. The van der Waals surface area contributed by atoms with Crippen LogP contribution in [-0.4, -0.2) is 65.8 Å². The van der Waals surface area contributed by atoms with Gasteiger partial charge in [-0.1, -0.05) is 18.2 Å². The summed E-state index contributed by atoms with van der Waals surface area (Å²) in [4.78, 5) is 30.1. The first-order chi connectivity index (χ1) is 14.9. The number of para-hydroxylation sites is 1. The summed E-state index contributed by atoms with van der Waals surface area (Å²) >= 11 is 0. The molecule has 3 atom stereocenters. The number of carbonyl (C=O) groups excluding carboxylic acids is 2. The minimum Gasteiger partial charge on any atom is -1.00 e. The summed E-state index contributed by atoms with van der Waals surface area (Å²) in [7, 11) is 3.72. The van der Waals surface area contributed by atoms with E-state index in [-0.39, 0.29) is 55.5 Å². The van der Waals surface area contributed by atoms with Gasteiger partial charge in [0.2, 0.25) is 0 Å². The zero-order valence-corrected chi connectivity index (χ0v) is 20.9. The number of halogens is 2. The zero-order valence-electron chi connectivity index (χ0n) is 19.3. The molecule has 1 aliphatic heterocycles. The molecule has 10 heteroatoms. The van der Waals surface area contributed by atoms with Crippen molar-refractivity contribution in [1.82, 2.24) is 14.4 Å². The number of fused-ring (bicyclic) bond motifs is 3. The van der Waals surface area contributed by atoms with E-state index in [0.717, 1.165) is 41.5 Å². The molecule has 0 radical (unpaired) electrons. The van der Waals surface area contributed by atoms with Gasteiger partial charge in [0.15, 0.2) is 18.7 Å². The fourth-order valence-corrected chi connectivity index (χ4v) is 4.73. The third kappa shape index (κ3) is 5.14. The van der Waals surface area contributed by atoms with Crippen molar-refractivity contribution in [2.75, 3.05) is 33.4 Å². The number of nitrogens with two attached hydrogens (primary N) is 1. The number of hydrogen-bond donors (Lipinski definition) is 2. The quantitative estimate of drug-likeness (QED) is 0.499. The molecule has 0 bridgehead atoms. The van der Waals surface area contributed by atoms with Gasteiger partial charge in [-0.15, -0.1) is 12.4 Å². The van der Waals surface area contributed by atoms with E-state index in [1.807, 2.05) is 23.2 Å². The number of hydrogen-bond acceptors (Lipinski definition) is 5. The maximum Gasteiger partial charge on any atom is 0.411 e. The molecule has 182 valence electrons. The molecule has 1 aromatic heterocycles. The number of rotatable bonds is 6. The lowest BCUT2D eigenvalue weighted by Crippen LogP contribution is -3.11. The number of likely N-dealkylation sites (N-methyl/N-ethyl adjacent to an activating group) is 1. The van der Waals surface area contributed by atoms with Crippen LogP contribution in [0.2, 0.25) is 0 Å². The Hall–Kier alpha value is -2.26. The molecule has 33 heavy (non-hydrogen) atoms. The van der Waals surface area contributed by atoms with Crippen LogP contribution >= 0.6 is 12.4 Å². The maximum absolute atomic E-state index is 13.4. The number of amides is 1. The van der Waals surface area contributed by atoms with E-state index >= 15 is 0 Å². The van der Waals surface area contributed by atoms with Crippen LogP contribution in [0.15, 0.2) is 36.7 Å². The van der Waals surface area contributed by atoms with Crippen LogP contribution in [0.4, 0.5) is 4.79 Å². The highest BCUT2D eigenvalue weighted by atomic mass is 35.5. The van der Waals surface area contributed by atoms with Crippen LogP contribution in [0.1, 0.15) is 29.4 Å². The Kier molecular flexibility index (Phi) is 9.20. The number of nitrogens with zero attached hydrogens (tertiary/aromatic N) is 3. The Morgan fingerprint density at radius 3 is 2.79 bits per heavy atom. The van der Waals surface area contributed by atoms with Gasteiger partial charge in [0.25, 0.3) is 0 Å². The van der Waals surface area contributed by atoms with Crippen molar-refractivity contribution in [1.29, 1.82) is 0 Å². The molecule has 8 nitrogen and oxygen atoms in total. The van der Waals surface area contributed by atoms with Crippen molar-refractivity contribution < 1.29 is 31.6 Å². The number of Topliss-reactive ketones (excluding diaryl/α,β-unsaturated/α-hetero) is 1. The first-order valence-corrected chi connectivity index (χ1v) is 10.9. The van der Waals surface area contributed by atoms with E-state index in [1.165, 1.54) is 9.80 Å². The second-order valence-corrected chi connectivity index (χ2v) is 8.53. The van der Waals surface area contributed by atoms with Gasteiger partial charge in [-0.2, -0.15) is 0 Å². The molecule has 3 N–H and O–H groups in total. The van der Waals surface area contributed by atoms with E-state index < -0.39 is 0 Å². The van der Waals surface area contributed by atoms with Gasteiger partial charge in [0, 0.05) is 56.3 Å². The van der Waals surface area contributed by atoms with E-state index in [9.17, 15) is 9.59 Å². The number of carbonyl (C=O) groups is 2. The largest absolute Gasteiger partial charge is 1.00 e. The van der Waals surface area contributed by atoms with Crippen LogP contribution < -0.4 is 23.0 Å². The summed E-state index contributed by atoms with van der Waals surface area (Å²) < 4.78 is 7.56. The predicted molar refractivity (Wildman–Crippen MR) is 126 cm³/mol. The Balaban J connectivity index is 0.00000193. The first-order valence-electron chi connectivity index (χ1n) is 10.9. The highest BCUT2D eigenvalue weighted by molar-refractivity contribution is 6.11. The Labute approximate surface area is 207 Å². The molecule has 0 saturated carbocycles. The highest BCUT2D eigenvalue weighted by Gasteiger charge is 2.37. The number of aromatic nitrogens is 1. The summed E-state index contributed by atoms with van der Waals surface area (Å²) in [5.74, 6) is 0.234. The SMILES string of the molecule is CC1N(COC(=O)N(C)CCN)C=C[NH+]1CC1CCc2c(c3ccccc3n2C)C1=O.Cl.[Cl-]. The maximum atomic E-state index is 13.4. The molecule has 2 heterocycles. The Morgan fingerprint density at radius 2 is 2.06 bits per heavy atom. The van der Waals surface area contributed by atoms with Crippen LogP contribution in [0.25, 0.3) is 10.9 Å². The number of ketones is 1. The van der Waals surface area contributed by atoms with E-state index in [0.29, 0.717) is 13.1 Å². The van der Waals surface area contributed by atoms with Crippen LogP contribution in [-0.2, 0) is 18.2 Å². The van der Waals surface area contributed by atoms with E-state index in [2.05, 4.69) is 36.9 Å². The summed E-state index contributed by atoms with van der Waals surface area (Å²) in [5.41, 5.74) is 8.66. The zero-order chi connectivity index (χ0) is 22.1. The normalized spacial score (nSPS) is 21.4. The molecular formula is C23H33Cl2N5O3. The molecule has 0 fully saturated rings. The standard InChI is InChI=1S/C23H31N5O3.2ClH/c1-16-27(12-13-28(16)15-31-23(30)25(2)11-10-24)14-17-8-9-20-21(22(17)29)18-6-4-5-7-19(18)26(20)3;;/h4-7,12-13,16-17H,8-11,14-15,24H2,1-3H3;2*1H. The Morgan fingerprint density at radius 1 is 1.33 bits per heavy atom. The number of aryl methyl sites for hydroxylation is 1. The van der Waals surface area contributed by atoms with Crippen LogP contribution in [0.5, 0.6) is 0 Å². The van der Waals surface area contributed by atoms with Gasteiger partial charge in [-0.25, -0.2) is 4.79 Å². The lowest BCUT2D eigenvalue weighted by Gasteiger charge is -2.29. The van der Waals surface area contributed by atoms with Crippen molar-refractivity contribution in [3.05, 3.63) is 47.9 Å². The molecule has 1 amide bonds. The number of benzene rings is 1. The van der Waals surface area contributed by atoms with Gasteiger partial charge < -0.3 is 32.3 Å². The van der Waals surface area contributed by atoms with Gasteiger partial charge >= 0.3 is 6.09 Å². The van der Waals surface area contributed by atoms with Crippen LogP contribution in [0.3, 0.4) is 0 Å². The third-order valence-corrected chi connectivity index (χ3v) is 6.68. The van der Waals surface area contributed by atoms with Gasteiger partial charge in [0.05, 0.1) is 18.7 Å². The first kappa shape index (κ1) is 27.0. The molecule has 4 rings (SSSR count). The van der Waals surface area contributed by atoms with Crippen molar-refractivity contribution in [3.63, 3.8) is 0 Å². The van der Waals surface area contributed by atoms with Gasteiger partial charge in [-0.05, 0) is 18.9 Å². The molecule has 1 aromatic carbocycles. The van der Waals surface area contributed by atoms with Crippen molar-refractivity contribution >= 4 is 35.2 Å². The smallest absolute Gasteiger partial charge is 0.411 e. The Bertz CT molecular complexity index is 1020. The minimum absolute atomic E-state index is 0. The molecule has 0 spiro atoms. The summed E-state index contributed by atoms with van der Waals surface area (Å²) in [6.45, 7) is 3.86. The lowest BCUT2D eigenvalue weighted by molar-refractivity contribution is -0.878. The van der Waals surface area contributed by atoms with Gasteiger partial charge in [0.1, 0.15) is 6.20 Å². The third-order valence-electron chi connectivity index (χ3n) is 6.68. The monoisotopic (exact) mass is 497 g/mol. The lowest BCUT2D eigenvalue weighted by atomic mass is 9.84. The second kappa shape index (κ2) is 11.2. The average molecular weight is 498 g/mol. The van der Waals surface area contributed by atoms with Gasteiger partial charge in [-0.3, -0.25) is 14.6 Å². The average Bonchev–Trinajstić information content (AvgIpc) is 3.26. The summed E-state index contributed by atoms with van der Waals surface area (Å²) in [5, 5.41) is 1.06. The van der Waals surface area contributed by atoms with E-state index in [4.69, 9.17) is 10.5 Å². The predicted octanol–water partition coefficient (Wildman–Crippen LogP) is -1.65. The fourth-order valence-electron chi connectivity index (χ4n) is 4.73. The number of ether oxygens (including phenoxy) is 1. The van der Waals surface area contributed by atoms with E-state index in [1.54, 1.807) is 7.05 Å². The molecule has 1 aliphatic carbocycles. The summed E-state index contributed by atoms with van der Waals surface area (Å²) in [6, 6.07) is 8.15. The van der Waals surface area contributed by atoms with Crippen molar-refractivity contribution in [3.8, 4) is 0 Å². The fraction of sp³-hybridized carbons (Fsp3) is 0.478. The molecule has 0 saturated heterocycles. The number of nitrogens with one attached hydrogen (secondary N) is 1. The van der Waals surface area contributed by atoms with Crippen molar-refractivity contribution in [2.45, 2.75) is 25.9 Å². The van der Waals surface area contributed by atoms with Crippen molar-refractivity contribution in [2.24, 2.45) is 18.7 Å². The highest BCUT2D eigenvalue weighted by Crippen LogP contribution is 2.33. The number of quaternary nitrogens is 1. The molecule has 2 aromatic rings. The molecule has 2 aliphatic rings. The minimum atomic E-state index is -0.384.